The number of rotatable bonds is 8. The molecule has 9 heteroatoms. The van der Waals surface area contributed by atoms with Crippen molar-refractivity contribution in [3.05, 3.63) is 18.1 Å². The van der Waals surface area contributed by atoms with Gasteiger partial charge in [0.05, 0.1) is 18.4 Å². The summed E-state index contributed by atoms with van der Waals surface area (Å²) in [7, 11) is 2.72. The lowest BCUT2D eigenvalue weighted by Crippen LogP contribution is -2.24. The molecule has 2 rings (SSSR count). The number of carbonyl (C=O) groups excluding carboxylic acids is 1. The second-order valence-corrected chi connectivity index (χ2v) is 10.8. The van der Waals surface area contributed by atoms with Crippen LogP contribution in [0.15, 0.2) is 12.4 Å². The third-order valence-corrected chi connectivity index (χ3v) is 4.85. The summed E-state index contributed by atoms with van der Waals surface area (Å²) in [6, 6.07) is 0. The van der Waals surface area contributed by atoms with Crippen molar-refractivity contribution in [1.29, 1.82) is 0 Å². The number of imidazole rings is 1. The van der Waals surface area contributed by atoms with Gasteiger partial charge in [-0.25, -0.2) is 15.0 Å². The first-order valence-corrected chi connectivity index (χ1v) is 10.6. The van der Waals surface area contributed by atoms with Crippen LogP contribution < -0.4 is 10.6 Å². The van der Waals surface area contributed by atoms with E-state index in [1.807, 2.05) is 0 Å². The summed E-state index contributed by atoms with van der Waals surface area (Å²) >= 11 is 0. The number of hydrogen-bond donors (Lipinski definition) is 3. The zero-order valence-electron chi connectivity index (χ0n) is 14.8. The van der Waals surface area contributed by atoms with Gasteiger partial charge in [0.15, 0.2) is 11.5 Å². The van der Waals surface area contributed by atoms with Crippen LogP contribution in [0.2, 0.25) is 0 Å². The van der Waals surface area contributed by atoms with Crippen LogP contribution in [0.1, 0.15) is 10.5 Å². The number of carbonyl (C=O) groups is 1. The average Bonchev–Trinajstić information content (AvgIpc) is 3.16. The molecule has 0 saturated carbocycles. The van der Waals surface area contributed by atoms with Gasteiger partial charge in [0.2, 0.25) is 0 Å². The number of nitrogens with zero attached hydrogens (tertiary/aromatic N) is 3. The molecule has 3 N–H and O–H groups in total. The molecular weight excluding hydrogens is 328 g/mol. The monoisotopic (exact) mass is 354 g/mol. The molecule has 0 bridgehead atoms. The SMILES string of the molecule is CNC(=O)c1c(NC)nc(-c2cn[nH]c2)n1COCCS(C)(C)C. The fourth-order valence-electron chi connectivity index (χ4n) is 2.16. The van der Waals surface area contributed by atoms with Crippen LogP contribution in [0, 0.1) is 0 Å². The van der Waals surface area contributed by atoms with E-state index in [9.17, 15) is 4.79 Å². The van der Waals surface area contributed by atoms with Crippen molar-refractivity contribution in [3.63, 3.8) is 0 Å². The quantitative estimate of drug-likeness (QED) is 0.622. The average molecular weight is 354 g/mol. The van der Waals surface area contributed by atoms with Gasteiger partial charge in [0.1, 0.15) is 12.6 Å². The molecule has 0 radical (unpaired) electrons. The van der Waals surface area contributed by atoms with Crippen LogP contribution in [0.25, 0.3) is 11.4 Å². The predicted molar refractivity (Wildman–Crippen MR) is 98.9 cm³/mol. The van der Waals surface area contributed by atoms with E-state index >= 15 is 0 Å². The molecule has 2 heterocycles. The molecule has 0 atom stereocenters. The number of nitrogens with one attached hydrogen (secondary N) is 3. The van der Waals surface area contributed by atoms with Gasteiger partial charge in [0, 0.05) is 26.0 Å². The maximum absolute atomic E-state index is 12.3. The molecule has 0 aliphatic rings. The molecule has 0 aliphatic heterocycles. The predicted octanol–water partition coefficient (Wildman–Crippen LogP) is 1.34. The Morgan fingerprint density at radius 2 is 2.12 bits per heavy atom. The van der Waals surface area contributed by atoms with Gasteiger partial charge in [-0.2, -0.15) is 5.10 Å². The van der Waals surface area contributed by atoms with Crippen molar-refractivity contribution in [2.45, 2.75) is 6.73 Å². The highest BCUT2D eigenvalue weighted by molar-refractivity contribution is 8.32. The van der Waals surface area contributed by atoms with E-state index in [0.717, 1.165) is 11.3 Å². The number of amides is 1. The van der Waals surface area contributed by atoms with Crippen LogP contribution >= 0.6 is 10.0 Å². The van der Waals surface area contributed by atoms with Gasteiger partial charge in [-0.15, -0.1) is 0 Å². The molecular formula is C15H26N6O2S. The molecule has 0 spiro atoms. The van der Waals surface area contributed by atoms with Gasteiger partial charge >= 0.3 is 0 Å². The Labute approximate surface area is 143 Å². The Kier molecular flexibility index (Phi) is 5.89. The molecule has 0 saturated heterocycles. The molecule has 2 aromatic rings. The van der Waals surface area contributed by atoms with Crippen molar-refractivity contribution < 1.29 is 9.53 Å². The zero-order valence-corrected chi connectivity index (χ0v) is 15.7. The topological polar surface area (TPSA) is 96.9 Å². The normalized spacial score (nSPS) is 12.2. The molecule has 24 heavy (non-hydrogen) atoms. The highest BCUT2D eigenvalue weighted by Crippen LogP contribution is 2.33. The second kappa shape index (κ2) is 7.71. The third-order valence-electron chi connectivity index (χ3n) is 3.46. The highest BCUT2D eigenvalue weighted by atomic mass is 32.3. The van der Waals surface area contributed by atoms with E-state index in [-0.39, 0.29) is 12.6 Å². The van der Waals surface area contributed by atoms with Gasteiger partial charge in [-0.3, -0.25) is 14.5 Å². The highest BCUT2D eigenvalue weighted by Gasteiger charge is 2.23. The summed E-state index contributed by atoms with van der Waals surface area (Å²) in [4.78, 5) is 16.8. The molecule has 1 amide bonds. The number of anilines is 1. The van der Waals surface area contributed by atoms with Crippen LogP contribution in [-0.2, 0) is 11.5 Å². The first kappa shape index (κ1) is 18.3. The lowest BCUT2D eigenvalue weighted by Gasteiger charge is -2.24. The van der Waals surface area contributed by atoms with Gasteiger partial charge in [0.25, 0.3) is 5.91 Å². The van der Waals surface area contributed by atoms with Crippen LogP contribution in [0.4, 0.5) is 5.82 Å². The molecule has 0 fully saturated rings. The molecule has 134 valence electrons. The number of aromatic nitrogens is 4. The van der Waals surface area contributed by atoms with Crippen molar-refractivity contribution in [3.8, 4) is 11.4 Å². The maximum Gasteiger partial charge on any atom is 0.271 e. The fourth-order valence-corrected chi connectivity index (χ4v) is 2.78. The Morgan fingerprint density at radius 1 is 1.38 bits per heavy atom. The first-order valence-electron chi connectivity index (χ1n) is 7.60. The fraction of sp³-hybridized carbons (Fsp3) is 0.533. The smallest absolute Gasteiger partial charge is 0.271 e. The van der Waals surface area contributed by atoms with E-state index in [1.165, 1.54) is 0 Å². The summed E-state index contributed by atoms with van der Waals surface area (Å²) in [6.45, 7) is 0.900. The van der Waals surface area contributed by atoms with Gasteiger partial charge < -0.3 is 15.4 Å². The third kappa shape index (κ3) is 4.30. The minimum absolute atomic E-state index is 0.216. The maximum atomic E-state index is 12.3. The Hall–Kier alpha value is -2.00. The molecule has 0 aromatic carbocycles. The van der Waals surface area contributed by atoms with Crippen LogP contribution in [-0.4, -0.2) is 70.9 Å². The second-order valence-electron chi connectivity index (χ2n) is 6.21. The minimum Gasteiger partial charge on any atom is -0.371 e. The van der Waals surface area contributed by atoms with E-state index in [4.69, 9.17) is 4.74 Å². The number of hydrogen-bond acceptors (Lipinski definition) is 5. The van der Waals surface area contributed by atoms with Crippen molar-refractivity contribution in [1.82, 2.24) is 25.1 Å². The van der Waals surface area contributed by atoms with Gasteiger partial charge in [-0.1, -0.05) is 0 Å². The van der Waals surface area contributed by atoms with Crippen LogP contribution in [0.3, 0.4) is 0 Å². The zero-order chi connectivity index (χ0) is 17.7. The van der Waals surface area contributed by atoms with Crippen LogP contribution in [0.5, 0.6) is 0 Å². The Morgan fingerprint density at radius 3 is 2.67 bits per heavy atom. The number of ether oxygens (including phenoxy) is 1. The summed E-state index contributed by atoms with van der Waals surface area (Å²) in [5.41, 5.74) is 1.24. The standard InChI is InChI=1S/C15H26N6O2S/c1-16-13-12(15(22)17-2)21(10-23-6-7-24(3,4)5)14(20-13)11-8-18-19-9-11/h8-9,16H,6-7,10H2,1-5H3,(H,17,22)(H,18,19). The lowest BCUT2D eigenvalue weighted by atomic mass is 10.3. The summed E-state index contributed by atoms with van der Waals surface area (Å²) < 4.78 is 7.60. The van der Waals surface area contributed by atoms with E-state index in [0.29, 0.717) is 23.9 Å². The first-order chi connectivity index (χ1) is 11.4. The van der Waals surface area contributed by atoms with Crippen molar-refractivity contribution in [2.75, 3.05) is 50.5 Å². The van der Waals surface area contributed by atoms with Crippen molar-refractivity contribution >= 4 is 21.8 Å². The van der Waals surface area contributed by atoms with Crippen molar-refractivity contribution in [2.24, 2.45) is 0 Å². The number of H-pyrrole nitrogens is 1. The minimum atomic E-state index is -0.619. The molecule has 0 aliphatic carbocycles. The summed E-state index contributed by atoms with van der Waals surface area (Å²) in [5.74, 6) is 1.94. The molecule has 0 unspecified atom stereocenters. The Balaban J connectivity index is 2.31. The van der Waals surface area contributed by atoms with E-state index in [2.05, 4.69) is 44.6 Å². The Bertz CT molecular complexity index is 675. The summed E-state index contributed by atoms with van der Waals surface area (Å²) in [6.07, 6.45) is 10.2. The molecule has 2 aromatic heterocycles. The van der Waals surface area contributed by atoms with E-state index < -0.39 is 10.0 Å². The molecule has 8 nitrogen and oxygen atoms in total. The largest absolute Gasteiger partial charge is 0.371 e. The summed E-state index contributed by atoms with van der Waals surface area (Å²) in [5, 5.41) is 12.4. The van der Waals surface area contributed by atoms with Gasteiger partial charge in [-0.05, 0) is 18.8 Å². The number of aromatic amines is 1. The van der Waals surface area contributed by atoms with E-state index in [1.54, 1.807) is 31.1 Å². The lowest BCUT2D eigenvalue weighted by molar-refractivity contribution is 0.0818.